The van der Waals surface area contributed by atoms with Gasteiger partial charge >= 0.3 is 0 Å². The Hall–Kier alpha value is -1.09. The van der Waals surface area contributed by atoms with Crippen molar-refractivity contribution >= 4 is 5.82 Å². The Morgan fingerprint density at radius 2 is 2.05 bits per heavy atom. The number of hydrogen-bond donors (Lipinski definition) is 1. The van der Waals surface area contributed by atoms with Crippen LogP contribution < -0.4 is 10.2 Å². The third kappa shape index (κ3) is 4.44. The monoisotopic (exact) mass is 289 g/mol. The fraction of sp³-hybridized carbons (Fsp3) is 0.722. The molecule has 1 saturated carbocycles. The first-order chi connectivity index (χ1) is 10.0. The second-order valence-electron chi connectivity index (χ2n) is 6.59. The lowest BCUT2D eigenvalue weighted by Gasteiger charge is -2.28. The lowest BCUT2D eigenvalue weighted by atomic mass is 10.1. The van der Waals surface area contributed by atoms with Gasteiger partial charge in [-0.1, -0.05) is 20.3 Å². The third-order valence-electron chi connectivity index (χ3n) is 4.51. The van der Waals surface area contributed by atoms with Crippen LogP contribution in [-0.2, 0) is 6.54 Å². The van der Waals surface area contributed by atoms with Gasteiger partial charge in [0.2, 0.25) is 0 Å². The predicted octanol–water partition coefficient (Wildman–Crippen LogP) is 3.82. The molecule has 3 heteroatoms. The first-order valence-corrected chi connectivity index (χ1v) is 8.50. The first-order valence-electron chi connectivity index (χ1n) is 8.50. The van der Waals surface area contributed by atoms with Gasteiger partial charge in [0.15, 0.2) is 0 Å². The molecule has 21 heavy (non-hydrogen) atoms. The highest BCUT2D eigenvalue weighted by molar-refractivity contribution is 5.51. The fourth-order valence-electron chi connectivity index (χ4n) is 2.73. The van der Waals surface area contributed by atoms with Gasteiger partial charge in [-0.25, -0.2) is 4.98 Å². The number of anilines is 1. The summed E-state index contributed by atoms with van der Waals surface area (Å²) in [6, 6.07) is 2.95. The summed E-state index contributed by atoms with van der Waals surface area (Å²) >= 11 is 0. The van der Waals surface area contributed by atoms with Gasteiger partial charge in [-0.15, -0.1) is 0 Å². The lowest BCUT2D eigenvalue weighted by Crippen LogP contribution is -2.31. The lowest BCUT2D eigenvalue weighted by molar-refractivity contribution is 0.543. The van der Waals surface area contributed by atoms with Crippen LogP contribution in [0.1, 0.15) is 56.9 Å². The Kier molecular flexibility index (Phi) is 5.63. The highest BCUT2D eigenvalue weighted by atomic mass is 15.2. The van der Waals surface area contributed by atoms with Crippen LogP contribution in [0.3, 0.4) is 0 Å². The van der Waals surface area contributed by atoms with E-state index < -0.39 is 0 Å². The number of hydrogen-bond acceptors (Lipinski definition) is 3. The largest absolute Gasteiger partial charge is 0.356 e. The molecule has 0 amide bonds. The van der Waals surface area contributed by atoms with Crippen LogP contribution in [0.15, 0.2) is 6.07 Å². The zero-order valence-electron chi connectivity index (χ0n) is 14.4. The maximum absolute atomic E-state index is 4.88. The molecule has 1 unspecified atom stereocenters. The Bertz CT molecular complexity index is 466. The maximum atomic E-state index is 4.88. The van der Waals surface area contributed by atoms with Gasteiger partial charge in [-0.2, -0.15) is 0 Å². The smallest absolute Gasteiger partial charge is 0.133 e. The summed E-state index contributed by atoms with van der Waals surface area (Å²) in [5.41, 5.74) is 3.88. The summed E-state index contributed by atoms with van der Waals surface area (Å²) in [6.07, 6.45) is 3.88. The molecule has 2 rings (SSSR count). The van der Waals surface area contributed by atoms with Crippen molar-refractivity contribution < 1.29 is 0 Å². The zero-order valence-corrected chi connectivity index (χ0v) is 14.4. The average molecular weight is 289 g/mol. The van der Waals surface area contributed by atoms with Gasteiger partial charge in [0.25, 0.3) is 0 Å². The molecule has 1 N–H and O–H groups in total. The van der Waals surface area contributed by atoms with Crippen LogP contribution >= 0.6 is 0 Å². The first kappa shape index (κ1) is 16.3. The number of aromatic nitrogens is 1. The van der Waals surface area contributed by atoms with Crippen LogP contribution in [0.2, 0.25) is 0 Å². The van der Waals surface area contributed by atoms with Crippen molar-refractivity contribution in [3.05, 3.63) is 22.9 Å². The Labute approximate surface area is 130 Å². The van der Waals surface area contributed by atoms with Crippen molar-refractivity contribution in [2.45, 2.75) is 66.5 Å². The van der Waals surface area contributed by atoms with E-state index in [0.29, 0.717) is 5.92 Å². The minimum absolute atomic E-state index is 0.705. The zero-order chi connectivity index (χ0) is 15.4. The van der Waals surface area contributed by atoms with E-state index in [1.807, 2.05) is 0 Å². The van der Waals surface area contributed by atoms with Crippen LogP contribution in [0, 0.1) is 19.8 Å². The van der Waals surface area contributed by atoms with E-state index in [4.69, 9.17) is 4.98 Å². The molecule has 1 heterocycles. The Balaban J connectivity index is 2.24. The van der Waals surface area contributed by atoms with Crippen molar-refractivity contribution in [3.63, 3.8) is 0 Å². The SMILES string of the molecule is CCC(C)CN(CC)c1nc(C)cc(C)c1CNC1CC1. The van der Waals surface area contributed by atoms with Crippen LogP contribution in [0.25, 0.3) is 0 Å². The van der Waals surface area contributed by atoms with Gasteiger partial charge in [0.05, 0.1) is 0 Å². The molecule has 1 aliphatic rings. The van der Waals surface area contributed by atoms with E-state index in [2.05, 4.69) is 50.9 Å². The van der Waals surface area contributed by atoms with E-state index in [0.717, 1.165) is 31.4 Å². The van der Waals surface area contributed by atoms with Gasteiger partial charge in [0, 0.05) is 36.9 Å². The molecular formula is C18H31N3. The predicted molar refractivity (Wildman–Crippen MR) is 90.9 cm³/mol. The molecule has 1 aromatic heterocycles. The minimum Gasteiger partial charge on any atom is -0.356 e. The molecule has 1 aromatic rings. The second kappa shape index (κ2) is 7.26. The van der Waals surface area contributed by atoms with Crippen molar-refractivity contribution in [2.75, 3.05) is 18.0 Å². The number of nitrogens with one attached hydrogen (secondary N) is 1. The molecule has 0 radical (unpaired) electrons. The van der Waals surface area contributed by atoms with Gasteiger partial charge < -0.3 is 10.2 Å². The number of aryl methyl sites for hydroxylation is 2. The van der Waals surface area contributed by atoms with E-state index >= 15 is 0 Å². The summed E-state index contributed by atoms with van der Waals surface area (Å²) in [5, 5.41) is 3.65. The van der Waals surface area contributed by atoms with E-state index in [-0.39, 0.29) is 0 Å². The summed E-state index contributed by atoms with van der Waals surface area (Å²) in [5.74, 6) is 1.90. The molecule has 118 valence electrons. The molecule has 1 atom stereocenters. The maximum Gasteiger partial charge on any atom is 0.133 e. The topological polar surface area (TPSA) is 28.2 Å². The number of rotatable bonds is 8. The van der Waals surface area contributed by atoms with Gasteiger partial charge in [-0.05, 0) is 51.2 Å². The summed E-state index contributed by atoms with van der Waals surface area (Å²) in [4.78, 5) is 7.33. The second-order valence-corrected chi connectivity index (χ2v) is 6.59. The minimum atomic E-state index is 0.705. The molecule has 1 aliphatic carbocycles. The fourth-order valence-corrected chi connectivity index (χ4v) is 2.73. The highest BCUT2D eigenvalue weighted by Crippen LogP contribution is 2.26. The van der Waals surface area contributed by atoms with Crippen LogP contribution in [0.5, 0.6) is 0 Å². The molecule has 3 nitrogen and oxygen atoms in total. The van der Waals surface area contributed by atoms with Crippen molar-refractivity contribution in [2.24, 2.45) is 5.92 Å². The molecule has 0 aliphatic heterocycles. The normalized spacial score (nSPS) is 16.0. The quantitative estimate of drug-likeness (QED) is 0.788. The van der Waals surface area contributed by atoms with Crippen molar-refractivity contribution in [3.8, 4) is 0 Å². The van der Waals surface area contributed by atoms with Crippen molar-refractivity contribution in [1.82, 2.24) is 10.3 Å². The number of pyridine rings is 1. The van der Waals surface area contributed by atoms with Gasteiger partial charge in [-0.3, -0.25) is 0 Å². The standard InChI is InChI=1S/C18H31N3/c1-6-13(3)12-21(7-2)18-17(11-19-16-8-9-16)14(4)10-15(5)20-18/h10,13,16,19H,6-9,11-12H2,1-5H3. The van der Waals surface area contributed by atoms with Crippen LogP contribution in [-0.4, -0.2) is 24.1 Å². The Morgan fingerprint density at radius 1 is 1.33 bits per heavy atom. The summed E-state index contributed by atoms with van der Waals surface area (Å²) in [6.45, 7) is 14.2. The molecular weight excluding hydrogens is 258 g/mol. The van der Waals surface area contributed by atoms with Crippen molar-refractivity contribution in [1.29, 1.82) is 0 Å². The summed E-state index contributed by atoms with van der Waals surface area (Å²) in [7, 11) is 0. The summed E-state index contributed by atoms with van der Waals surface area (Å²) < 4.78 is 0. The molecule has 0 saturated heterocycles. The third-order valence-corrected chi connectivity index (χ3v) is 4.51. The molecule has 0 aromatic carbocycles. The van der Waals surface area contributed by atoms with Crippen LogP contribution in [0.4, 0.5) is 5.82 Å². The van der Waals surface area contributed by atoms with E-state index in [9.17, 15) is 0 Å². The molecule has 0 bridgehead atoms. The van der Waals surface area contributed by atoms with E-state index in [1.54, 1.807) is 0 Å². The van der Waals surface area contributed by atoms with E-state index in [1.165, 1.54) is 36.2 Å². The number of nitrogens with zero attached hydrogens (tertiary/aromatic N) is 2. The average Bonchev–Trinajstić information content (AvgIpc) is 3.27. The van der Waals surface area contributed by atoms with Gasteiger partial charge in [0.1, 0.15) is 5.82 Å². The molecule has 0 spiro atoms. The highest BCUT2D eigenvalue weighted by Gasteiger charge is 2.22. The Morgan fingerprint density at radius 3 is 2.62 bits per heavy atom. The molecule has 1 fully saturated rings.